The van der Waals surface area contributed by atoms with E-state index >= 15 is 0 Å². The van der Waals surface area contributed by atoms with Crippen molar-refractivity contribution in [3.05, 3.63) is 55.0 Å². The number of halogens is 2. The van der Waals surface area contributed by atoms with Crippen LogP contribution in [0.3, 0.4) is 0 Å². The van der Waals surface area contributed by atoms with Gasteiger partial charge in [0, 0.05) is 8.95 Å². The van der Waals surface area contributed by atoms with Crippen molar-refractivity contribution in [2.45, 2.75) is 25.7 Å². The number of aldehydes is 1. The lowest BCUT2D eigenvalue weighted by Gasteiger charge is -2.22. The monoisotopic (exact) mass is 424 g/mol. The van der Waals surface area contributed by atoms with E-state index in [1.165, 1.54) is 11.1 Å². The molecule has 0 bridgehead atoms. The zero-order valence-corrected chi connectivity index (χ0v) is 14.9. The van der Waals surface area contributed by atoms with Gasteiger partial charge in [-0.25, -0.2) is 0 Å². The molecule has 5 heteroatoms. The number of hydrogen-bond acceptors (Lipinski definition) is 3. The Balaban J connectivity index is 0.000000133. The summed E-state index contributed by atoms with van der Waals surface area (Å²) in [4.78, 5) is 10.6. The van der Waals surface area contributed by atoms with Crippen molar-refractivity contribution in [3.8, 4) is 11.5 Å². The Labute approximate surface area is 145 Å². The number of hydrogen-bond donors (Lipinski definition) is 2. The van der Waals surface area contributed by atoms with Crippen LogP contribution < -0.4 is 0 Å². The van der Waals surface area contributed by atoms with E-state index in [9.17, 15) is 9.90 Å². The highest BCUT2D eigenvalue weighted by molar-refractivity contribution is 9.10. The molecule has 4 rings (SSSR count). The van der Waals surface area contributed by atoms with Crippen LogP contribution in [0.5, 0.6) is 11.5 Å². The highest BCUT2D eigenvalue weighted by Gasteiger charge is 2.22. The number of carbonyl (C=O) groups is 1. The second kappa shape index (κ2) is 6.05. The number of phenols is 2. The number of phenolic OH excluding ortho intramolecular Hbond substituents is 2. The second-order valence-corrected chi connectivity index (χ2v) is 7.14. The molecule has 0 heterocycles. The average molecular weight is 426 g/mol. The number of carbonyl (C=O) groups excluding carboxylic acids is 1. The van der Waals surface area contributed by atoms with Crippen molar-refractivity contribution in [1.82, 2.24) is 0 Å². The van der Waals surface area contributed by atoms with Crippen molar-refractivity contribution in [1.29, 1.82) is 0 Å². The first-order valence-electron chi connectivity index (χ1n) is 7.00. The van der Waals surface area contributed by atoms with Crippen LogP contribution in [0.15, 0.2) is 27.1 Å². The summed E-state index contributed by atoms with van der Waals surface area (Å²) >= 11 is 6.72. The molecule has 2 aliphatic carbocycles. The molecule has 0 unspecified atom stereocenters. The Hall–Kier alpha value is -1.33. The van der Waals surface area contributed by atoms with Crippen LogP contribution in [0.4, 0.5) is 0 Å². The molecular weight excluding hydrogens is 412 g/mol. The van der Waals surface area contributed by atoms with E-state index < -0.39 is 0 Å². The van der Waals surface area contributed by atoms with Gasteiger partial charge in [0.05, 0.1) is 5.56 Å². The minimum Gasteiger partial charge on any atom is -0.508 e. The molecule has 0 aromatic heterocycles. The summed E-state index contributed by atoms with van der Waals surface area (Å²) in [6.45, 7) is 0. The van der Waals surface area contributed by atoms with Gasteiger partial charge in [-0.3, -0.25) is 4.79 Å². The van der Waals surface area contributed by atoms with Gasteiger partial charge in [0.1, 0.15) is 11.5 Å². The third kappa shape index (κ3) is 2.68. The Morgan fingerprint density at radius 1 is 0.864 bits per heavy atom. The lowest BCUT2D eigenvalue weighted by molar-refractivity contribution is 0.111. The summed E-state index contributed by atoms with van der Waals surface area (Å²) < 4.78 is 1.96. The molecule has 2 aromatic carbocycles. The van der Waals surface area contributed by atoms with E-state index in [1.807, 2.05) is 6.07 Å². The van der Waals surface area contributed by atoms with Crippen molar-refractivity contribution < 1.29 is 15.0 Å². The predicted molar refractivity (Wildman–Crippen MR) is 91.8 cm³/mol. The van der Waals surface area contributed by atoms with Gasteiger partial charge >= 0.3 is 0 Å². The third-order valence-corrected chi connectivity index (χ3v) is 5.59. The van der Waals surface area contributed by atoms with Crippen LogP contribution in [0.25, 0.3) is 0 Å². The van der Waals surface area contributed by atoms with Gasteiger partial charge in [-0.15, -0.1) is 0 Å². The normalized spacial score (nSPS) is 13.7. The molecule has 114 valence electrons. The van der Waals surface area contributed by atoms with E-state index in [-0.39, 0.29) is 5.75 Å². The highest BCUT2D eigenvalue weighted by Crippen LogP contribution is 2.37. The van der Waals surface area contributed by atoms with Gasteiger partial charge in [0.25, 0.3) is 0 Å². The van der Waals surface area contributed by atoms with Gasteiger partial charge in [0.2, 0.25) is 0 Å². The molecule has 0 fully saturated rings. The molecule has 2 aliphatic rings. The van der Waals surface area contributed by atoms with Gasteiger partial charge in [-0.05, 0) is 66.1 Å². The molecule has 3 nitrogen and oxygen atoms in total. The molecule has 0 saturated carbocycles. The Bertz CT molecular complexity index is 752. The average Bonchev–Trinajstić information content (AvgIpc) is 2.37. The van der Waals surface area contributed by atoms with E-state index in [1.54, 1.807) is 12.1 Å². The Morgan fingerprint density at radius 3 is 2.00 bits per heavy atom. The minimum absolute atomic E-state index is 0.0790. The molecule has 2 aromatic rings. The SMILES string of the molecule is O=Cc1c(O)cc(Br)c2c1CC2.Oc1cc(Br)c2c(c1)CC2. The quantitative estimate of drug-likeness (QED) is 0.669. The van der Waals surface area contributed by atoms with Crippen molar-refractivity contribution in [3.63, 3.8) is 0 Å². The standard InChI is InChI=1S/C9H7BrO2.C8H7BrO/c10-8-3-9(12)7(4-11)5-1-2-6(5)8;9-8-4-6(10)3-5-1-2-7(5)8/h3-4,12H,1-2H2;3-4,10H,1-2H2. The third-order valence-electron chi connectivity index (χ3n) is 4.18. The van der Waals surface area contributed by atoms with E-state index in [0.29, 0.717) is 11.3 Å². The summed E-state index contributed by atoms with van der Waals surface area (Å²) in [7, 11) is 0. The molecular formula is C17H14Br2O3. The summed E-state index contributed by atoms with van der Waals surface area (Å²) in [5.74, 6) is 0.445. The largest absolute Gasteiger partial charge is 0.508 e. The van der Waals surface area contributed by atoms with Gasteiger partial charge in [-0.1, -0.05) is 31.9 Å². The molecule has 0 amide bonds. The number of fused-ring (bicyclic) bond motifs is 2. The maximum Gasteiger partial charge on any atom is 0.154 e. The first kappa shape index (κ1) is 15.6. The lowest BCUT2D eigenvalue weighted by atomic mass is 9.85. The zero-order chi connectivity index (χ0) is 15.9. The van der Waals surface area contributed by atoms with Gasteiger partial charge < -0.3 is 10.2 Å². The number of aryl methyl sites for hydroxylation is 1. The van der Waals surface area contributed by atoms with Crippen LogP contribution in [0.2, 0.25) is 0 Å². The Morgan fingerprint density at radius 2 is 1.50 bits per heavy atom. The smallest absolute Gasteiger partial charge is 0.154 e. The molecule has 22 heavy (non-hydrogen) atoms. The molecule has 0 spiro atoms. The predicted octanol–water partition coefficient (Wildman–Crippen LogP) is 4.32. The summed E-state index contributed by atoms with van der Waals surface area (Å²) in [5, 5.41) is 18.5. The number of benzene rings is 2. The van der Waals surface area contributed by atoms with E-state index in [0.717, 1.165) is 52.0 Å². The number of aromatic hydroxyl groups is 2. The first-order valence-corrected chi connectivity index (χ1v) is 8.58. The van der Waals surface area contributed by atoms with Gasteiger partial charge in [0.15, 0.2) is 6.29 Å². The molecule has 0 radical (unpaired) electrons. The van der Waals surface area contributed by atoms with Crippen LogP contribution in [0, 0.1) is 0 Å². The highest BCUT2D eigenvalue weighted by atomic mass is 79.9. The van der Waals surface area contributed by atoms with E-state index in [4.69, 9.17) is 5.11 Å². The number of rotatable bonds is 1. The minimum atomic E-state index is 0.0790. The maximum absolute atomic E-state index is 10.6. The molecule has 2 N–H and O–H groups in total. The van der Waals surface area contributed by atoms with E-state index in [2.05, 4.69) is 31.9 Å². The fourth-order valence-corrected chi connectivity index (χ4v) is 4.11. The fraction of sp³-hybridized carbons (Fsp3) is 0.235. The van der Waals surface area contributed by atoms with Crippen LogP contribution in [-0.4, -0.2) is 16.5 Å². The maximum atomic E-state index is 10.6. The molecule has 0 atom stereocenters. The summed E-state index contributed by atoms with van der Waals surface area (Å²) in [6, 6.07) is 5.17. The lowest BCUT2D eigenvalue weighted by Crippen LogP contribution is -2.12. The molecule has 0 aliphatic heterocycles. The van der Waals surface area contributed by atoms with Crippen LogP contribution in [-0.2, 0) is 25.7 Å². The summed E-state index contributed by atoms with van der Waals surface area (Å²) in [6.07, 6.45) is 4.88. The second-order valence-electron chi connectivity index (χ2n) is 5.43. The molecule has 0 saturated heterocycles. The fourth-order valence-electron chi connectivity index (χ4n) is 2.77. The Kier molecular flexibility index (Phi) is 4.28. The van der Waals surface area contributed by atoms with Gasteiger partial charge in [-0.2, -0.15) is 0 Å². The topological polar surface area (TPSA) is 57.5 Å². The first-order chi connectivity index (χ1) is 10.5. The van der Waals surface area contributed by atoms with Crippen LogP contribution in [0.1, 0.15) is 32.6 Å². The summed E-state index contributed by atoms with van der Waals surface area (Å²) in [5.41, 5.74) is 5.26. The van der Waals surface area contributed by atoms with Crippen molar-refractivity contribution in [2.24, 2.45) is 0 Å². The van der Waals surface area contributed by atoms with Crippen LogP contribution >= 0.6 is 31.9 Å². The zero-order valence-electron chi connectivity index (χ0n) is 11.7. The van der Waals surface area contributed by atoms with Crippen molar-refractivity contribution in [2.75, 3.05) is 0 Å². The van der Waals surface area contributed by atoms with Crippen molar-refractivity contribution >= 4 is 38.1 Å².